The van der Waals surface area contributed by atoms with E-state index in [-0.39, 0.29) is 5.91 Å². The third-order valence-electron chi connectivity index (χ3n) is 5.28. The SMILES string of the molecule is O=C(c1ccc(Oc2ccccc2)o1)N1CCC(CN2CCOCC2)CC1. The zero-order valence-electron chi connectivity index (χ0n) is 15.5. The highest BCUT2D eigenvalue weighted by molar-refractivity contribution is 5.91. The maximum atomic E-state index is 12.7. The van der Waals surface area contributed by atoms with Gasteiger partial charge in [-0.05, 0) is 37.0 Å². The van der Waals surface area contributed by atoms with Crippen molar-refractivity contribution in [3.05, 3.63) is 48.2 Å². The van der Waals surface area contributed by atoms with Gasteiger partial charge in [-0.1, -0.05) is 18.2 Å². The van der Waals surface area contributed by atoms with Crippen LogP contribution >= 0.6 is 0 Å². The number of rotatable bonds is 5. The lowest BCUT2D eigenvalue weighted by Gasteiger charge is -2.35. The Kier molecular flexibility index (Phi) is 5.75. The predicted octanol–water partition coefficient (Wildman–Crippen LogP) is 3.26. The van der Waals surface area contributed by atoms with E-state index in [0.29, 0.717) is 23.4 Å². The lowest BCUT2D eigenvalue weighted by Crippen LogP contribution is -2.44. The van der Waals surface area contributed by atoms with Crippen LogP contribution in [0, 0.1) is 5.92 Å². The first-order chi connectivity index (χ1) is 13.3. The van der Waals surface area contributed by atoms with Crippen molar-refractivity contribution in [3.8, 4) is 11.7 Å². The number of piperidine rings is 1. The fourth-order valence-electron chi connectivity index (χ4n) is 3.72. The van der Waals surface area contributed by atoms with Gasteiger partial charge in [0.1, 0.15) is 5.75 Å². The normalized spacial score (nSPS) is 19.2. The van der Waals surface area contributed by atoms with Crippen LogP contribution in [0.5, 0.6) is 11.7 Å². The van der Waals surface area contributed by atoms with Crippen molar-refractivity contribution in [2.75, 3.05) is 45.9 Å². The molecule has 0 unspecified atom stereocenters. The van der Waals surface area contributed by atoms with Crippen LogP contribution in [0.1, 0.15) is 23.4 Å². The molecule has 1 aromatic carbocycles. The van der Waals surface area contributed by atoms with Crippen LogP contribution in [0.25, 0.3) is 0 Å². The van der Waals surface area contributed by atoms with Gasteiger partial charge in [-0.3, -0.25) is 9.69 Å². The van der Waals surface area contributed by atoms with E-state index in [2.05, 4.69) is 4.90 Å². The molecule has 0 aliphatic carbocycles. The molecule has 2 aromatic rings. The molecule has 2 saturated heterocycles. The highest BCUT2D eigenvalue weighted by Gasteiger charge is 2.27. The number of morpholine rings is 1. The highest BCUT2D eigenvalue weighted by atomic mass is 16.6. The molecule has 144 valence electrons. The molecule has 1 amide bonds. The van der Waals surface area contributed by atoms with E-state index < -0.39 is 0 Å². The number of carbonyl (C=O) groups excluding carboxylic acids is 1. The Labute approximate surface area is 159 Å². The minimum atomic E-state index is -0.0530. The van der Waals surface area contributed by atoms with Crippen LogP contribution in [0.4, 0.5) is 0 Å². The van der Waals surface area contributed by atoms with Gasteiger partial charge in [-0.15, -0.1) is 0 Å². The molecule has 6 nitrogen and oxygen atoms in total. The molecule has 2 fully saturated rings. The number of hydrogen-bond acceptors (Lipinski definition) is 5. The molecule has 0 atom stereocenters. The number of ether oxygens (including phenoxy) is 2. The summed E-state index contributed by atoms with van der Waals surface area (Å²) >= 11 is 0. The maximum Gasteiger partial charge on any atom is 0.290 e. The molecule has 0 saturated carbocycles. The third kappa shape index (κ3) is 4.70. The van der Waals surface area contributed by atoms with Crippen molar-refractivity contribution in [3.63, 3.8) is 0 Å². The van der Waals surface area contributed by atoms with Crippen molar-refractivity contribution >= 4 is 5.91 Å². The second kappa shape index (κ2) is 8.59. The molecule has 3 heterocycles. The summed E-state index contributed by atoms with van der Waals surface area (Å²) in [4.78, 5) is 17.1. The summed E-state index contributed by atoms with van der Waals surface area (Å²) in [7, 11) is 0. The van der Waals surface area contributed by atoms with Crippen LogP contribution in [-0.4, -0.2) is 61.6 Å². The number of carbonyl (C=O) groups is 1. The van der Waals surface area contributed by atoms with Crippen molar-refractivity contribution in [2.45, 2.75) is 12.8 Å². The van der Waals surface area contributed by atoms with Crippen LogP contribution in [0.15, 0.2) is 46.9 Å². The summed E-state index contributed by atoms with van der Waals surface area (Å²) in [6.07, 6.45) is 2.08. The summed E-state index contributed by atoms with van der Waals surface area (Å²) in [6, 6.07) is 12.8. The first kappa shape index (κ1) is 18.1. The number of amides is 1. The molecule has 2 aliphatic heterocycles. The van der Waals surface area contributed by atoms with Gasteiger partial charge in [0.2, 0.25) is 0 Å². The Bertz CT molecular complexity index is 732. The van der Waals surface area contributed by atoms with Gasteiger partial charge in [0.05, 0.1) is 13.2 Å². The Morgan fingerprint density at radius 1 is 1.00 bits per heavy atom. The van der Waals surface area contributed by atoms with Crippen molar-refractivity contribution in [1.82, 2.24) is 9.80 Å². The quantitative estimate of drug-likeness (QED) is 0.809. The van der Waals surface area contributed by atoms with Crippen LogP contribution in [-0.2, 0) is 4.74 Å². The Hall–Kier alpha value is -2.31. The van der Waals surface area contributed by atoms with Crippen molar-refractivity contribution in [1.29, 1.82) is 0 Å². The van der Waals surface area contributed by atoms with Gasteiger partial charge in [0, 0.05) is 38.8 Å². The standard InChI is InChI=1S/C21H26N2O4/c24-21(19-6-7-20(27-19)26-18-4-2-1-3-5-18)23-10-8-17(9-11-23)16-22-12-14-25-15-13-22/h1-7,17H,8-16H2. The zero-order chi connectivity index (χ0) is 18.5. The highest BCUT2D eigenvalue weighted by Crippen LogP contribution is 2.26. The summed E-state index contributed by atoms with van der Waals surface area (Å²) in [5, 5.41) is 0. The molecule has 0 bridgehead atoms. The average molecular weight is 370 g/mol. The largest absolute Gasteiger partial charge is 0.426 e. The molecule has 0 spiro atoms. The molecular formula is C21H26N2O4. The van der Waals surface area contributed by atoms with Crippen LogP contribution < -0.4 is 4.74 Å². The van der Waals surface area contributed by atoms with E-state index in [9.17, 15) is 4.79 Å². The smallest absolute Gasteiger partial charge is 0.290 e. The van der Waals surface area contributed by atoms with E-state index in [1.54, 1.807) is 12.1 Å². The zero-order valence-corrected chi connectivity index (χ0v) is 15.5. The number of likely N-dealkylation sites (tertiary alicyclic amines) is 1. The van der Waals surface area contributed by atoms with E-state index in [4.69, 9.17) is 13.9 Å². The molecule has 27 heavy (non-hydrogen) atoms. The monoisotopic (exact) mass is 370 g/mol. The fourth-order valence-corrected chi connectivity index (χ4v) is 3.72. The van der Waals surface area contributed by atoms with Gasteiger partial charge in [0.15, 0.2) is 5.76 Å². The number of hydrogen-bond donors (Lipinski definition) is 0. The predicted molar refractivity (Wildman–Crippen MR) is 101 cm³/mol. The maximum absolute atomic E-state index is 12.7. The van der Waals surface area contributed by atoms with Gasteiger partial charge in [-0.2, -0.15) is 0 Å². The lowest BCUT2D eigenvalue weighted by molar-refractivity contribution is 0.0240. The Morgan fingerprint density at radius 2 is 1.74 bits per heavy atom. The fraction of sp³-hybridized carbons (Fsp3) is 0.476. The molecular weight excluding hydrogens is 344 g/mol. The first-order valence-electron chi connectivity index (χ1n) is 9.70. The van der Waals surface area contributed by atoms with Gasteiger partial charge < -0.3 is 18.8 Å². The topological polar surface area (TPSA) is 55.2 Å². The molecule has 0 N–H and O–H groups in total. The molecule has 2 aliphatic rings. The van der Waals surface area contributed by atoms with Gasteiger partial charge >= 0.3 is 0 Å². The summed E-state index contributed by atoms with van der Waals surface area (Å²) in [6.45, 7) is 6.39. The van der Waals surface area contributed by atoms with E-state index >= 15 is 0 Å². The van der Waals surface area contributed by atoms with Gasteiger partial charge in [-0.25, -0.2) is 0 Å². The molecule has 6 heteroatoms. The number of para-hydroxylation sites is 1. The number of nitrogens with zero attached hydrogens (tertiary/aromatic N) is 2. The molecule has 0 radical (unpaired) electrons. The van der Waals surface area contributed by atoms with Gasteiger partial charge in [0.25, 0.3) is 11.9 Å². The minimum Gasteiger partial charge on any atom is -0.426 e. The Morgan fingerprint density at radius 3 is 2.48 bits per heavy atom. The van der Waals surface area contributed by atoms with Crippen molar-refractivity contribution in [2.24, 2.45) is 5.92 Å². The van der Waals surface area contributed by atoms with Crippen molar-refractivity contribution < 1.29 is 18.7 Å². The van der Waals surface area contributed by atoms with Crippen LogP contribution in [0.3, 0.4) is 0 Å². The van der Waals surface area contributed by atoms with E-state index in [0.717, 1.165) is 58.8 Å². The first-order valence-corrected chi connectivity index (χ1v) is 9.70. The minimum absolute atomic E-state index is 0.0530. The number of furan rings is 1. The molecule has 4 rings (SSSR count). The second-order valence-electron chi connectivity index (χ2n) is 7.18. The second-order valence-corrected chi connectivity index (χ2v) is 7.18. The Balaban J connectivity index is 1.28. The van der Waals surface area contributed by atoms with Crippen LogP contribution in [0.2, 0.25) is 0 Å². The van der Waals surface area contributed by atoms with E-state index in [1.807, 2.05) is 35.2 Å². The summed E-state index contributed by atoms with van der Waals surface area (Å²) < 4.78 is 16.7. The molecule has 1 aromatic heterocycles. The van der Waals surface area contributed by atoms with E-state index in [1.165, 1.54) is 0 Å². The summed E-state index contributed by atoms with van der Waals surface area (Å²) in [5.41, 5.74) is 0. The average Bonchev–Trinajstić information content (AvgIpc) is 3.18. The third-order valence-corrected chi connectivity index (χ3v) is 5.28. The summed E-state index contributed by atoms with van der Waals surface area (Å²) in [5.74, 6) is 1.97. The number of benzene rings is 1. The lowest BCUT2D eigenvalue weighted by atomic mass is 9.96.